The van der Waals surface area contributed by atoms with Crippen LogP contribution < -0.4 is 5.69 Å². The van der Waals surface area contributed by atoms with Crippen LogP contribution in [0.2, 0.25) is 5.02 Å². The molecule has 1 heterocycles. The molecule has 0 N–H and O–H groups in total. The van der Waals surface area contributed by atoms with Crippen molar-refractivity contribution < 1.29 is 0 Å². The lowest BCUT2D eigenvalue weighted by Gasteiger charge is -2.29. The van der Waals surface area contributed by atoms with Gasteiger partial charge in [0.05, 0.1) is 11.2 Å². The minimum absolute atomic E-state index is 0.0934. The third kappa shape index (κ3) is 3.08. The maximum Gasteiger partial charge on any atom is 0.347 e. The van der Waals surface area contributed by atoms with Gasteiger partial charge < -0.3 is 0 Å². The Labute approximate surface area is 109 Å². The lowest BCUT2D eigenvalue weighted by Crippen LogP contribution is -2.33. The fourth-order valence-corrected chi connectivity index (χ4v) is 2.74. The minimum Gasteiger partial charge on any atom is -0.297 e. The summed E-state index contributed by atoms with van der Waals surface area (Å²) < 4.78 is 1.59. The van der Waals surface area contributed by atoms with E-state index in [-0.39, 0.29) is 11.1 Å². The molecular weight excluding hydrogens is 291 g/mol. The van der Waals surface area contributed by atoms with Crippen LogP contribution in [-0.2, 0) is 6.54 Å². The summed E-state index contributed by atoms with van der Waals surface area (Å²) in [7, 11) is 0. The zero-order chi connectivity index (χ0) is 12.2. The lowest BCUT2D eigenvalue weighted by atomic mass is 9.84. The molecule has 0 amide bonds. The quantitative estimate of drug-likeness (QED) is 0.784. The molecule has 0 saturated carbocycles. The van der Waals surface area contributed by atoms with Crippen molar-refractivity contribution in [2.75, 3.05) is 5.33 Å². The Balaban J connectivity index is 3.02. The van der Waals surface area contributed by atoms with E-state index in [0.29, 0.717) is 11.6 Å². The van der Waals surface area contributed by atoms with Crippen LogP contribution >= 0.6 is 27.5 Å². The van der Waals surface area contributed by atoms with Crippen LogP contribution in [0.25, 0.3) is 0 Å². The minimum atomic E-state index is -0.239. The van der Waals surface area contributed by atoms with Crippen LogP contribution in [0.5, 0.6) is 0 Å². The molecule has 0 atom stereocenters. The molecule has 0 aliphatic rings. The van der Waals surface area contributed by atoms with E-state index in [4.69, 9.17) is 11.6 Å². The normalized spacial score (nSPS) is 11.8. The monoisotopic (exact) mass is 306 g/mol. The average Bonchev–Trinajstić information content (AvgIpc) is 2.31. The average molecular weight is 308 g/mol. The molecule has 0 aliphatic carbocycles. The molecule has 0 aromatic carbocycles. The van der Waals surface area contributed by atoms with Gasteiger partial charge in [0.25, 0.3) is 0 Å². The Kier molecular flexibility index (Phi) is 4.99. The van der Waals surface area contributed by atoms with E-state index in [1.54, 1.807) is 10.8 Å². The maximum absolute atomic E-state index is 11.6. The summed E-state index contributed by atoms with van der Waals surface area (Å²) >= 11 is 9.37. The predicted molar refractivity (Wildman–Crippen MR) is 70.3 cm³/mol. The van der Waals surface area contributed by atoms with Crippen molar-refractivity contribution in [1.82, 2.24) is 9.55 Å². The van der Waals surface area contributed by atoms with E-state index >= 15 is 0 Å². The summed E-state index contributed by atoms with van der Waals surface area (Å²) in [5, 5.41) is 1.36. The largest absolute Gasteiger partial charge is 0.347 e. The number of aromatic nitrogens is 2. The van der Waals surface area contributed by atoms with E-state index in [2.05, 4.69) is 34.8 Å². The first-order chi connectivity index (χ1) is 7.56. The summed E-state index contributed by atoms with van der Waals surface area (Å²) in [5.41, 5.74) is -0.146. The highest BCUT2D eigenvalue weighted by molar-refractivity contribution is 9.09. The summed E-state index contributed by atoms with van der Waals surface area (Å²) in [6, 6.07) is 0. The number of hydrogen-bond acceptors (Lipinski definition) is 2. The van der Waals surface area contributed by atoms with E-state index in [9.17, 15) is 4.79 Å². The zero-order valence-electron chi connectivity index (χ0n) is 9.54. The van der Waals surface area contributed by atoms with Crippen molar-refractivity contribution >= 4 is 27.5 Å². The summed E-state index contributed by atoms with van der Waals surface area (Å²) in [6.07, 6.45) is 5.05. The Morgan fingerprint density at radius 2 is 2.12 bits per heavy atom. The molecule has 90 valence electrons. The van der Waals surface area contributed by atoms with Crippen molar-refractivity contribution in [3.8, 4) is 0 Å². The molecule has 0 radical (unpaired) electrons. The smallest absolute Gasteiger partial charge is 0.297 e. The van der Waals surface area contributed by atoms with Gasteiger partial charge in [0.2, 0.25) is 0 Å². The molecular formula is C11H16BrClN2O. The van der Waals surface area contributed by atoms with Gasteiger partial charge in [0, 0.05) is 18.1 Å². The maximum atomic E-state index is 11.6. The van der Waals surface area contributed by atoms with Gasteiger partial charge in [-0.25, -0.2) is 9.78 Å². The predicted octanol–water partition coefficient (Wildman–Crippen LogP) is 3.10. The summed E-state index contributed by atoms with van der Waals surface area (Å²) in [6.45, 7) is 4.92. The molecule has 0 spiro atoms. The molecule has 5 heteroatoms. The molecule has 0 saturated heterocycles. The van der Waals surface area contributed by atoms with Crippen LogP contribution in [-0.4, -0.2) is 14.9 Å². The molecule has 3 nitrogen and oxygen atoms in total. The topological polar surface area (TPSA) is 34.9 Å². The number of halogens is 2. The molecule has 1 aromatic rings. The number of alkyl halides is 1. The van der Waals surface area contributed by atoms with E-state index in [1.165, 1.54) is 6.20 Å². The van der Waals surface area contributed by atoms with Crippen molar-refractivity contribution in [3.63, 3.8) is 0 Å². The van der Waals surface area contributed by atoms with Gasteiger partial charge in [0.15, 0.2) is 0 Å². The van der Waals surface area contributed by atoms with E-state index in [0.717, 1.165) is 18.2 Å². The van der Waals surface area contributed by atoms with Gasteiger partial charge in [-0.05, 0) is 18.3 Å². The SMILES string of the molecule is CCC(CC)(CBr)Cn1cc(Cl)cnc1=O. The van der Waals surface area contributed by atoms with Crippen molar-refractivity contribution in [1.29, 1.82) is 0 Å². The highest BCUT2D eigenvalue weighted by Crippen LogP contribution is 2.30. The van der Waals surface area contributed by atoms with Crippen molar-refractivity contribution in [2.24, 2.45) is 5.41 Å². The first-order valence-corrected chi connectivity index (χ1v) is 6.85. The van der Waals surface area contributed by atoms with Crippen LogP contribution in [0.15, 0.2) is 17.2 Å². The fourth-order valence-electron chi connectivity index (χ4n) is 1.61. The Hall–Kier alpha value is -0.350. The summed E-state index contributed by atoms with van der Waals surface area (Å²) in [5.74, 6) is 0. The first kappa shape index (κ1) is 13.7. The summed E-state index contributed by atoms with van der Waals surface area (Å²) in [4.78, 5) is 15.3. The third-order valence-electron chi connectivity index (χ3n) is 3.11. The first-order valence-electron chi connectivity index (χ1n) is 5.35. The van der Waals surface area contributed by atoms with Crippen LogP contribution in [0.3, 0.4) is 0 Å². The molecule has 0 bridgehead atoms. The van der Waals surface area contributed by atoms with E-state index in [1.807, 2.05) is 0 Å². The third-order valence-corrected chi connectivity index (χ3v) is 4.50. The van der Waals surface area contributed by atoms with Gasteiger partial charge in [0.1, 0.15) is 0 Å². The standard InChI is InChI=1S/C11H16BrClN2O/c1-3-11(4-2,7-12)8-15-6-9(13)5-14-10(15)16/h5-6H,3-4,7-8H2,1-2H3. The Morgan fingerprint density at radius 3 is 2.62 bits per heavy atom. The fraction of sp³-hybridized carbons (Fsp3) is 0.636. The van der Waals surface area contributed by atoms with E-state index < -0.39 is 0 Å². The van der Waals surface area contributed by atoms with Crippen molar-refractivity contribution in [2.45, 2.75) is 33.2 Å². The highest BCUT2D eigenvalue weighted by atomic mass is 79.9. The van der Waals surface area contributed by atoms with Crippen LogP contribution in [0.1, 0.15) is 26.7 Å². The lowest BCUT2D eigenvalue weighted by molar-refractivity contribution is 0.254. The molecule has 0 unspecified atom stereocenters. The van der Waals surface area contributed by atoms with Crippen LogP contribution in [0.4, 0.5) is 0 Å². The second kappa shape index (κ2) is 5.82. The van der Waals surface area contributed by atoms with Gasteiger partial charge in [-0.1, -0.05) is 41.4 Å². The number of nitrogens with zero attached hydrogens (tertiary/aromatic N) is 2. The second-order valence-electron chi connectivity index (χ2n) is 4.02. The Bertz CT molecular complexity index is 393. The van der Waals surface area contributed by atoms with Gasteiger partial charge >= 0.3 is 5.69 Å². The van der Waals surface area contributed by atoms with Crippen molar-refractivity contribution in [3.05, 3.63) is 27.9 Å². The second-order valence-corrected chi connectivity index (χ2v) is 5.02. The van der Waals surface area contributed by atoms with Gasteiger partial charge in [-0.3, -0.25) is 4.57 Å². The molecule has 0 aliphatic heterocycles. The van der Waals surface area contributed by atoms with Crippen LogP contribution in [0, 0.1) is 5.41 Å². The molecule has 16 heavy (non-hydrogen) atoms. The molecule has 0 fully saturated rings. The van der Waals surface area contributed by atoms with Gasteiger partial charge in [-0.2, -0.15) is 0 Å². The van der Waals surface area contributed by atoms with Gasteiger partial charge in [-0.15, -0.1) is 0 Å². The molecule has 1 aromatic heterocycles. The number of hydrogen-bond donors (Lipinski definition) is 0. The molecule has 1 rings (SSSR count). The Morgan fingerprint density at radius 1 is 1.50 bits per heavy atom. The highest BCUT2D eigenvalue weighted by Gasteiger charge is 2.25. The number of rotatable bonds is 5. The zero-order valence-corrected chi connectivity index (χ0v) is 11.9.